The van der Waals surface area contributed by atoms with Gasteiger partial charge < -0.3 is 4.74 Å². The van der Waals surface area contributed by atoms with Crippen LogP contribution < -0.4 is 0 Å². The number of Topliss-reactive ketones (excluding diaryl/α,β-unsaturated/α-hetero) is 1. The van der Waals surface area contributed by atoms with Gasteiger partial charge in [0.1, 0.15) is 5.78 Å². The van der Waals surface area contributed by atoms with Crippen LogP contribution in [0.2, 0.25) is 0 Å². The van der Waals surface area contributed by atoms with Gasteiger partial charge in [0.15, 0.2) is 0 Å². The molecule has 2 heteroatoms. The number of ether oxygens (including phenoxy) is 1. The van der Waals surface area contributed by atoms with Crippen molar-refractivity contribution in [1.29, 1.82) is 0 Å². The Labute approximate surface area is 67.9 Å². The Morgan fingerprint density at radius 1 is 1.64 bits per heavy atom. The second-order valence-corrected chi connectivity index (χ2v) is 3.31. The molecule has 0 saturated heterocycles. The van der Waals surface area contributed by atoms with Crippen molar-refractivity contribution in [3.8, 4) is 0 Å². The zero-order valence-corrected chi connectivity index (χ0v) is 7.52. The Morgan fingerprint density at radius 2 is 2.18 bits per heavy atom. The fourth-order valence-corrected chi connectivity index (χ4v) is 1.59. The molecule has 11 heavy (non-hydrogen) atoms. The lowest BCUT2D eigenvalue weighted by Gasteiger charge is -2.19. The molecule has 1 aliphatic rings. The maximum absolute atomic E-state index is 11.2. The first-order chi connectivity index (χ1) is 5.13. The Morgan fingerprint density at radius 3 is 2.45 bits per heavy atom. The summed E-state index contributed by atoms with van der Waals surface area (Å²) >= 11 is 0. The van der Waals surface area contributed by atoms with E-state index in [2.05, 4.69) is 0 Å². The molecule has 0 aliphatic heterocycles. The summed E-state index contributed by atoms with van der Waals surface area (Å²) in [5.74, 6) is 0.290. The molecule has 1 atom stereocenters. The predicted molar refractivity (Wildman–Crippen MR) is 43.4 cm³/mol. The lowest BCUT2D eigenvalue weighted by Crippen LogP contribution is -2.28. The van der Waals surface area contributed by atoms with Crippen LogP contribution in [0.3, 0.4) is 0 Å². The minimum atomic E-state index is -0.101. The SMILES string of the molecule is CCOC(C)C1(C(C)=O)CC1. The van der Waals surface area contributed by atoms with Gasteiger partial charge in [0.05, 0.1) is 11.5 Å². The standard InChI is InChI=1S/C9H16O2/c1-4-11-8(3)9(5-6-9)7(2)10/h8H,4-6H2,1-3H3. The first-order valence-electron chi connectivity index (χ1n) is 4.26. The molecule has 1 saturated carbocycles. The molecule has 2 nitrogen and oxygen atoms in total. The molecule has 1 rings (SSSR count). The van der Waals surface area contributed by atoms with Crippen LogP contribution in [0.5, 0.6) is 0 Å². The van der Waals surface area contributed by atoms with Gasteiger partial charge in [0.25, 0.3) is 0 Å². The average Bonchev–Trinajstić information content (AvgIpc) is 2.66. The summed E-state index contributed by atoms with van der Waals surface area (Å²) in [4.78, 5) is 11.2. The molecule has 1 aliphatic carbocycles. The first kappa shape index (κ1) is 8.72. The third-order valence-electron chi connectivity index (χ3n) is 2.68. The molecule has 0 radical (unpaired) electrons. The molecule has 1 fully saturated rings. The highest BCUT2D eigenvalue weighted by molar-refractivity contribution is 5.85. The van der Waals surface area contributed by atoms with Crippen LogP contribution in [0.1, 0.15) is 33.6 Å². The van der Waals surface area contributed by atoms with E-state index in [4.69, 9.17) is 4.74 Å². The molecule has 0 aromatic rings. The van der Waals surface area contributed by atoms with E-state index in [1.807, 2.05) is 13.8 Å². The van der Waals surface area contributed by atoms with Gasteiger partial charge in [-0.25, -0.2) is 0 Å². The normalized spacial score (nSPS) is 22.8. The molecule has 64 valence electrons. The summed E-state index contributed by atoms with van der Waals surface area (Å²) in [6.07, 6.45) is 2.15. The van der Waals surface area contributed by atoms with Crippen molar-refractivity contribution >= 4 is 5.78 Å². The molecule has 1 unspecified atom stereocenters. The maximum atomic E-state index is 11.2. The van der Waals surface area contributed by atoms with Crippen LogP contribution in [-0.2, 0) is 9.53 Å². The number of hydrogen-bond acceptors (Lipinski definition) is 2. The Hall–Kier alpha value is -0.370. The number of rotatable bonds is 4. The third kappa shape index (κ3) is 1.45. The monoisotopic (exact) mass is 156 g/mol. The Kier molecular flexibility index (Phi) is 2.33. The van der Waals surface area contributed by atoms with Crippen LogP contribution in [0, 0.1) is 5.41 Å². The van der Waals surface area contributed by atoms with E-state index in [-0.39, 0.29) is 11.5 Å². The molecule has 0 spiro atoms. The van der Waals surface area contributed by atoms with Crippen molar-refractivity contribution in [3.63, 3.8) is 0 Å². The second-order valence-electron chi connectivity index (χ2n) is 3.31. The largest absolute Gasteiger partial charge is 0.378 e. The Bertz CT molecular complexity index is 159. The molecule has 0 aromatic heterocycles. The van der Waals surface area contributed by atoms with Crippen LogP contribution in [-0.4, -0.2) is 18.5 Å². The second kappa shape index (κ2) is 2.94. The van der Waals surface area contributed by atoms with Gasteiger partial charge in [-0.3, -0.25) is 4.79 Å². The van der Waals surface area contributed by atoms with Gasteiger partial charge >= 0.3 is 0 Å². The van der Waals surface area contributed by atoms with Crippen molar-refractivity contribution < 1.29 is 9.53 Å². The van der Waals surface area contributed by atoms with Crippen LogP contribution in [0.25, 0.3) is 0 Å². The average molecular weight is 156 g/mol. The lowest BCUT2D eigenvalue weighted by molar-refractivity contribution is -0.127. The molecule has 0 heterocycles. The fraction of sp³-hybridized carbons (Fsp3) is 0.889. The van der Waals surface area contributed by atoms with E-state index in [1.54, 1.807) is 6.92 Å². The number of hydrogen-bond donors (Lipinski definition) is 0. The number of carbonyl (C=O) groups excluding carboxylic acids is 1. The van der Waals surface area contributed by atoms with Gasteiger partial charge in [-0.2, -0.15) is 0 Å². The summed E-state index contributed by atoms with van der Waals surface area (Å²) < 4.78 is 5.41. The molecular weight excluding hydrogens is 140 g/mol. The minimum Gasteiger partial charge on any atom is -0.378 e. The van der Waals surface area contributed by atoms with Crippen molar-refractivity contribution in [3.05, 3.63) is 0 Å². The van der Waals surface area contributed by atoms with E-state index in [0.717, 1.165) is 12.8 Å². The lowest BCUT2D eigenvalue weighted by atomic mass is 9.96. The van der Waals surface area contributed by atoms with E-state index in [0.29, 0.717) is 12.4 Å². The topological polar surface area (TPSA) is 26.3 Å². The van der Waals surface area contributed by atoms with Crippen molar-refractivity contribution in [2.75, 3.05) is 6.61 Å². The summed E-state index contributed by atoms with van der Waals surface area (Å²) in [5, 5.41) is 0. The van der Waals surface area contributed by atoms with Gasteiger partial charge in [-0.05, 0) is 33.6 Å². The molecule has 0 amide bonds. The van der Waals surface area contributed by atoms with E-state index in [9.17, 15) is 4.79 Å². The molecule has 0 aromatic carbocycles. The zero-order chi connectivity index (χ0) is 8.48. The van der Waals surface area contributed by atoms with Gasteiger partial charge in [0.2, 0.25) is 0 Å². The summed E-state index contributed by atoms with van der Waals surface area (Å²) in [6.45, 7) is 6.34. The highest BCUT2D eigenvalue weighted by Gasteiger charge is 2.52. The first-order valence-corrected chi connectivity index (χ1v) is 4.26. The highest BCUT2D eigenvalue weighted by Crippen LogP contribution is 2.50. The molecular formula is C9H16O2. The fourth-order valence-electron chi connectivity index (χ4n) is 1.59. The van der Waals surface area contributed by atoms with E-state index < -0.39 is 0 Å². The van der Waals surface area contributed by atoms with E-state index >= 15 is 0 Å². The van der Waals surface area contributed by atoms with Crippen LogP contribution in [0.15, 0.2) is 0 Å². The summed E-state index contributed by atoms with van der Waals surface area (Å²) in [7, 11) is 0. The van der Waals surface area contributed by atoms with E-state index in [1.165, 1.54) is 0 Å². The summed E-state index contributed by atoms with van der Waals surface area (Å²) in [5.41, 5.74) is -0.101. The third-order valence-corrected chi connectivity index (χ3v) is 2.68. The van der Waals surface area contributed by atoms with Crippen molar-refractivity contribution in [2.45, 2.75) is 39.7 Å². The molecule has 0 N–H and O–H groups in total. The zero-order valence-electron chi connectivity index (χ0n) is 7.52. The van der Waals surface area contributed by atoms with Gasteiger partial charge in [-0.1, -0.05) is 0 Å². The maximum Gasteiger partial charge on any atom is 0.138 e. The number of ketones is 1. The Balaban J connectivity index is 2.51. The van der Waals surface area contributed by atoms with Gasteiger partial charge in [-0.15, -0.1) is 0 Å². The predicted octanol–water partition coefficient (Wildman–Crippen LogP) is 1.78. The number of carbonyl (C=O) groups is 1. The van der Waals surface area contributed by atoms with Crippen LogP contribution in [0.4, 0.5) is 0 Å². The van der Waals surface area contributed by atoms with Crippen LogP contribution >= 0.6 is 0 Å². The van der Waals surface area contributed by atoms with Crippen molar-refractivity contribution in [1.82, 2.24) is 0 Å². The molecule has 0 bridgehead atoms. The smallest absolute Gasteiger partial charge is 0.138 e. The van der Waals surface area contributed by atoms with Gasteiger partial charge in [0, 0.05) is 6.61 Å². The highest BCUT2D eigenvalue weighted by atomic mass is 16.5. The quantitative estimate of drug-likeness (QED) is 0.620. The summed E-state index contributed by atoms with van der Waals surface area (Å²) in [6, 6.07) is 0. The van der Waals surface area contributed by atoms with Crippen molar-refractivity contribution in [2.24, 2.45) is 5.41 Å². The minimum absolute atomic E-state index is 0.101.